The Hall–Kier alpha value is -0.220. The highest BCUT2D eigenvalue weighted by Gasteiger charge is 2.46. The predicted molar refractivity (Wildman–Crippen MR) is 33.1 cm³/mol. The quantitative estimate of drug-likeness (QED) is 0.583. The minimum Gasteiger partial charge on any atom is -0.385 e. The van der Waals surface area contributed by atoms with Gasteiger partial charge in [0.25, 0.3) is 5.92 Å². The Morgan fingerprint density at radius 3 is 2.50 bits per heavy atom. The van der Waals surface area contributed by atoms with Gasteiger partial charge in [-0.05, 0) is 6.54 Å². The van der Waals surface area contributed by atoms with E-state index in [4.69, 9.17) is 5.11 Å². The SMILES string of the molecule is CCN1CC(O)C(F)(F)C1. The van der Waals surface area contributed by atoms with E-state index in [0.717, 1.165) is 0 Å². The maximum atomic E-state index is 12.5. The molecule has 1 rings (SSSR count). The lowest BCUT2D eigenvalue weighted by molar-refractivity contribution is -0.0730. The van der Waals surface area contributed by atoms with Crippen LogP contribution in [-0.2, 0) is 0 Å². The van der Waals surface area contributed by atoms with Crippen molar-refractivity contribution in [2.45, 2.75) is 19.0 Å². The van der Waals surface area contributed by atoms with Crippen LogP contribution in [0.5, 0.6) is 0 Å². The zero-order valence-electron chi connectivity index (χ0n) is 5.85. The van der Waals surface area contributed by atoms with Gasteiger partial charge in [-0.1, -0.05) is 6.92 Å². The van der Waals surface area contributed by atoms with Crippen LogP contribution in [0.15, 0.2) is 0 Å². The molecule has 0 saturated carbocycles. The first-order chi connectivity index (χ1) is 4.56. The van der Waals surface area contributed by atoms with Gasteiger partial charge < -0.3 is 5.11 Å². The molecule has 4 heteroatoms. The molecule has 1 atom stereocenters. The summed E-state index contributed by atoms with van der Waals surface area (Å²) in [6, 6.07) is 0. The van der Waals surface area contributed by atoms with E-state index in [1.165, 1.54) is 4.90 Å². The number of likely N-dealkylation sites (tertiary alicyclic amines) is 1. The fourth-order valence-electron chi connectivity index (χ4n) is 1.09. The molecule has 2 nitrogen and oxygen atoms in total. The molecule has 60 valence electrons. The predicted octanol–water partition coefficient (Wildman–Crippen LogP) is 0.318. The van der Waals surface area contributed by atoms with Crippen molar-refractivity contribution in [1.29, 1.82) is 0 Å². The molecule has 0 spiro atoms. The summed E-state index contributed by atoms with van der Waals surface area (Å²) in [5.74, 6) is -2.89. The topological polar surface area (TPSA) is 23.5 Å². The Kier molecular flexibility index (Phi) is 1.92. The molecular formula is C6H11F2NO. The van der Waals surface area contributed by atoms with Crippen LogP contribution in [-0.4, -0.2) is 41.7 Å². The third-order valence-corrected chi connectivity index (χ3v) is 1.80. The summed E-state index contributed by atoms with van der Waals surface area (Å²) < 4.78 is 25.0. The molecule has 1 fully saturated rings. The molecule has 1 heterocycles. The number of aliphatic hydroxyl groups is 1. The monoisotopic (exact) mass is 151 g/mol. The highest BCUT2D eigenvalue weighted by Crippen LogP contribution is 2.26. The van der Waals surface area contributed by atoms with Crippen LogP contribution in [0.25, 0.3) is 0 Å². The Balaban J connectivity index is 2.53. The minimum absolute atomic E-state index is 0.101. The number of nitrogens with zero attached hydrogens (tertiary/aromatic N) is 1. The van der Waals surface area contributed by atoms with Crippen molar-refractivity contribution < 1.29 is 13.9 Å². The maximum absolute atomic E-state index is 12.5. The molecule has 0 bridgehead atoms. The Morgan fingerprint density at radius 1 is 1.70 bits per heavy atom. The van der Waals surface area contributed by atoms with Gasteiger partial charge in [0, 0.05) is 6.54 Å². The lowest BCUT2D eigenvalue weighted by Gasteiger charge is -2.11. The third kappa shape index (κ3) is 1.27. The molecule has 1 saturated heterocycles. The van der Waals surface area contributed by atoms with Crippen molar-refractivity contribution in [3.8, 4) is 0 Å². The van der Waals surface area contributed by atoms with Crippen molar-refractivity contribution in [1.82, 2.24) is 4.90 Å². The van der Waals surface area contributed by atoms with Crippen LogP contribution in [0, 0.1) is 0 Å². The molecular weight excluding hydrogens is 140 g/mol. The van der Waals surface area contributed by atoms with Gasteiger partial charge in [0.15, 0.2) is 0 Å². The number of alkyl halides is 2. The number of likely N-dealkylation sites (N-methyl/N-ethyl adjacent to an activating group) is 1. The van der Waals surface area contributed by atoms with E-state index in [0.29, 0.717) is 6.54 Å². The molecule has 0 aromatic carbocycles. The van der Waals surface area contributed by atoms with Crippen molar-refractivity contribution in [2.24, 2.45) is 0 Å². The molecule has 1 aliphatic rings. The van der Waals surface area contributed by atoms with E-state index in [1.54, 1.807) is 6.92 Å². The molecule has 0 aromatic heterocycles. The maximum Gasteiger partial charge on any atom is 0.287 e. The van der Waals surface area contributed by atoms with Crippen LogP contribution in [0.2, 0.25) is 0 Å². The smallest absolute Gasteiger partial charge is 0.287 e. The average molecular weight is 151 g/mol. The van der Waals surface area contributed by atoms with E-state index in [-0.39, 0.29) is 13.1 Å². The highest BCUT2D eigenvalue weighted by molar-refractivity contribution is 4.89. The van der Waals surface area contributed by atoms with Crippen molar-refractivity contribution in [2.75, 3.05) is 19.6 Å². The molecule has 1 N–H and O–H groups in total. The Labute approximate surface area is 58.4 Å². The summed E-state index contributed by atoms with van der Waals surface area (Å²) in [5, 5.41) is 8.77. The summed E-state index contributed by atoms with van der Waals surface area (Å²) in [6.45, 7) is 2.18. The number of β-amino-alcohol motifs (C(OH)–C–C–N with tert-alkyl or cyclic N) is 1. The first-order valence-corrected chi connectivity index (χ1v) is 3.34. The van der Waals surface area contributed by atoms with Gasteiger partial charge in [0.05, 0.1) is 6.54 Å². The van der Waals surface area contributed by atoms with Crippen molar-refractivity contribution in [3.05, 3.63) is 0 Å². The van der Waals surface area contributed by atoms with Crippen molar-refractivity contribution >= 4 is 0 Å². The molecule has 0 amide bonds. The summed E-state index contributed by atoms with van der Waals surface area (Å²) in [4.78, 5) is 1.53. The van der Waals surface area contributed by atoms with Gasteiger partial charge in [-0.3, -0.25) is 4.90 Å². The van der Waals surface area contributed by atoms with E-state index in [1.807, 2.05) is 0 Å². The highest BCUT2D eigenvalue weighted by atomic mass is 19.3. The zero-order chi connectivity index (χ0) is 7.78. The number of aliphatic hydroxyl groups excluding tert-OH is 1. The first-order valence-electron chi connectivity index (χ1n) is 3.34. The van der Waals surface area contributed by atoms with E-state index < -0.39 is 12.0 Å². The molecule has 1 unspecified atom stereocenters. The van der Waals surface area contributed by atoms with E-state index in [2.05, 4.69) is 0 Å². The molecule has 0 radical (unpaired) electrons. The van der Waals surface area contributed by atoms with Gasteiger partial charge >= 0.3 is 0 Å². The molecule has 10 heavy (non-hydrogen) atoms. The fourth-order valence-corrected chi connectivity index (χ4v) is 1.09. The summed E-state index contributed by atoms with van der Waals surface area (Å²) in [6.07, 6.45) is -1.47. The van der Waals surface area contributed by atoms with Crippen LogP contribution >= 0.6 is 0 Å². The second kappa shape index (κ2) is 2.43. The second-order valence-electron chi connectivity index (χ2n) is 2.60. The third-order valence-electron chi connectivity index (χ3n) is 1.80. The van der Waals surface area contributed by atoms with Crippen LogP contribution < -0.4 is 0 Å². The van der Waals surface area contributed by atoms with Crippen LogP contribution in [0.3, 0.4) is 0 Å². The van der Waals surface area contributed by atoms with Gasteiger partial charge in [-0.2, -0.15) is 0 Å². The lowest BCUT2D eigenvalue weighted by atomic mass is 10.2. The number of halogens is 2. The first kappa shape index (κ1) is 7.88. The number of hydrogen-bond acceptors (Lipinski definition) is 2. The fraction of sp³-hybridized carbons (Fsp3) is 1.00. The Morgan fingerprint density at radius 2 is 2.30 bits per heavy atom. The standard InChI is InChI=1S/C6H11F2NO/c1-2-9-3-5(10)6(7,8)4-9/h5,10H,2-4H2,1H3. The number of rotatable bonds is 1. The van der Waals surface area contributed by atoms with Gasteiger partial charge in [0.2, 0.25) is 0 Å². The van der Waals surface area contributed by atoms with Crippen LogP contribution in [0.4, 0.5) is 8.78 Å². The van der Waals surface area contributed by atoms with Gasteiger partial charge in [-0.15, -0.1) is 0 Å². The second-order valence-corrected chi connectivity index (χ2v) is 2.60. The molecule has 0 aromatic rings. The zero-order valence-corrected chi connectivity index (χ0v) is 5.85. The largest absolute Gasteiger partial charge is 0.385 e. The normalized spacial score (nSPS) is 33.0. The van der Waals surface area contributed by atoms with Crippen molar-refractivity contribution in [3.63, 3.8) is 0 Å². The summed E-state index contributed by atoms with van der Waals surface area (Å²) >= 11 is 0. The van der Waals surface area contributed by atoms with Crippen LogP contribution in [0.1, 0.15) is 6.92 Å². The Bertz CT molecular complexity index is 129. The number of hydrogen-bond donors (Lipinski definition) is 1. The molecule has 0 aliphatic carbocycles. The summed E-state index contributed by atoms with van der Waals surface area (Å²) in [5.41, 5.74) is 0. The van der Waals surface area contributed by atoms with E-state index >= 15 is 0 Å². The van der Waals surface area contributed by atoms with E-state index in [9.17, 15) is 8.78 Å². The summed E-state index contributed by atoms with van der Waals surface area (Å²) in [7, 11) is 0. The van der Waals surface area contributed by atoms with Gasteiger partial charge in [0.1, 0.15) is 6.10 Å². The minimum atomic E-state index is -2.89. The average Bonchev–Trinajstić information content (AvgIpc) is 2.08. The van der Waals surface area contributed by atoms with Gasteiger partial charge in [-0.25, -0.2) is 8.78 Å². The lowest BCUT2D eigenvalue weighted by Crippen LogP contribution is -2.31. The molecule has 1 aliphatic heterocycles.